The van der Waals surface area contributed by atoms with Crippen molar-refractivity contribution >= 4 is 11.3 Å². The lowest BCUT2D eigenvalue weighted by molar-refractivity contribution is 0.0184. The van der Waals surface area contributed by atoms with Crippen molar-refractivity contribution in [2.75, 3.05) is 6.61 Å². The van der Waals surface area contributed by atoms with Crippen LogP contribution in [0, 0.1) is 0 Å². The largest absolute Gasteiger partial charge is 0.359 e. The molecule has 0 saturated heterocycles. The molecule has 0 radical (unpaired) electrons. The molecule has 2 aliphatic rings. The Kier molecular flexibility index (Phi) is 1.89. The Morgan fingerprint density at radius 3 is 3.23 bits per heavy atom. The van der Waals surface area contributed by atoms with Crippen LogP contribution >= 0.6 is 11.3 Å². The van der Waals surface area contributed by atoms with E-state index in [2.05, 4.69) is 16.8 Å². The van der Waals surface area contributed by atoms with Crippen LogP contribution < -0.4 is 5.32 Å². The van der Waals surface area contributed by atoms with Crippen molar-refractivity contribution in [2.24, 2.45) is 0 Å². The van der Waals surface area contributed by atoms with Gasteiger partial charge in [-0.3, -0.25) is 5.32 Å². The molecule has 3 rings (SSSR count). The first kappa shape index (κ1) is 7.97. The molecule has 1 aliphatic heterocycles. The molecule has 1 saturated carbocycles. The predicted molar refractivity (Wildman–Crippen MR) is 52.9 cm³/mol. The Labute approximate surface area is 81.9 Å². The van der Waals surface area contributed by atoms with E-state index in [4.69, 9.17) is 4.74 Å². The molecule has 1 aromatic rings. The molecule has 2 heterocycles. The highest BCUT2D eigenvalue weighted by Gasteiger charge is 2.29. The Hall–Kier alpha value is -0.380. The van der Waals surface area contributed by atoms with Crippen molar-refractivity contribution in [3.05, 3.63) is 21.9 Å². The quantitative estimate of drug-likeness (QED) is 0.780. The van der Waals surface area contributed by atoms with Crippen molar-refractivity contribution in [1.82, 2.24) is 5.32 Å². The maximum atomic E-state index is 5.71. The summed E-state index contributed by atoms with van der Waals surface area (Å²) >= 11 is 1.86. The number of thiophene rings is 1. The van der Waals surface area contributed by atoms with Gasteiger partial charge in [0, 0.05) is 22.9 Å². The maximum Gasteiger partial charge on any atom is 0.135 e. The van der Waals surface area contributed by atoms with Gasteiger partial charge in [0.05, 0.1) is 6.61 Å². The van der Waals surface area contributed by atoms with Crippen LogP contribution in [0.25, 0.3) is 0 Å². The summed E-state index contributed by atoms with van der Waals surface area (Å²) in [5, 5.41) is 5.69. The SMILES string of the molecule is c1cc2c(s1)CCOC2NC1CC1. The molecule has 1 aliphatic carbocycles. The first-order valence-corrected chi connectivity index (χ1v) is 5.75. The van der Waals surface area contributed by atoms with E-state index in [0.717, 1.165) is 19.1 Å². The minimum Gasteiger partial charge on any atom is -0.359 e. The summed E-state index contributed by atoms with van der Waals surface area (Å²) in [6, 6.07) is 2.91. The minimum absolute atomic E-state index is 0.183. The molecule has 1 aromatic heterocycles. The van der Waals surface area contributed by atoms with Gasteiger partial charge >= 0.3 is 0 Å². The van der Waals surface area contributed by atoms with Gasteiger partial charge in [-0.2, -0.15) is 0 Å². The van der Waals surface area contributed by atoms with Crippen molar-refractivity contribution in [3.8, 4) is 0 Å². The standard InChI is InChI=1S/C10H13NOS/c1-2-7(1)11-10-8-4-6-13-9(8)3-5-12-10/h4,6-7,10-11H,1-3,5H2. The zero-order valence-electron chi connectivity index (χ0n) is 7.45. The molecule has 3 heteroatoms. The van der Waals surface area contributed by atoms with Crippen molar-refractivity contribution in [1.29, 1.82) is 0 Å². The fraction of sp³-hybridized carbons (Fsp3) is 0.600. The van der Waals surface area contributed by atoms with Gasteiger partial charge < -0.3 is 4.74 Å². The fourth-order valence-electron chi connectivity index (χ4n) is 1.75. The predicted octanol–water partition coefficient (Wildman–Crippen LogP) is 2.07. The number of hydrogen-bond acceptors (Lipinski definition) is 3. The van der Waals surface area contributed by atoms with Crippen molar-refractivity contribution < 1.29 is 4.74 Å². The summed E-state index contributed by atoms with van der Waals surface area (Å²) in [6.07, 6.45) is 3.91. The summed E-state index contributed by atoms with van der Waals surface area (Å²) in [4.78, 5) is 1.50. The molecule has 1 fully saturated rings. The molecule has 0 spiro atoms. The van der Waals surface area contributed by atoms with Crippen LogP contribution in [-0.2, 0) is 11.2 Å². The zero-order valence-corrected chi connectivity index (χ0v) is 8.27. The molecule has 1 atom stereocenters. The first-order chi connectivity index (χ1) is 6.43. The molecule has 1 N–H and O–H groups in total. The highest BCUT2D eigenvalue weighted by Crippen LogP contribution is 2.32. The Morgan fingerprint density at radius 2 is 2.38 bits per heavy atom. The van der Waals surface area contributed by atoms with Crippen LogP contribution in [-0.4, -0.2) is 12.6 Å². The number of rotatable bonds is 2. The molecule has 0 bridgehead atoms. The third kappa shape index (κ3) is 1.52. The minimum atomic E-state index is 0.183. The Balaban J connectivity index is 1.81. The summed E-state index contributed by atoms with van der Waals surface area (Å²) in [7, 11) is 0. The third-order valence-corrected chi connectivity index (χ3v) is 3.64. The van der Waals surface area contributed by atoms with Crippen LogP contribution in [0.3, 0.4) is 0 Å². The second-order valence-corrected chi connectivity index (χ2v) is 4.74. The maximum absolute atomic E-state index is 5.71. The normalized spacial score (nSPS) is 27.2. The van der Waals surface area contributed by atoms with Gasteiger partial charge in [-0.15, -0.1) is 11.3 Å². The van der Waals surface area contributed by atoms with Gasteiger partial charge in [0.25, 0.3) is 0 Å². The summed E-state index contributed by atoms with van der Waals surface area (Å²) in [6.45, 7) is 0.873. The topological polar surface area (TPSA) is 21.3 Å². The highest BCUT2D eigenvalue weighted by molar-refractivity contribution is 7.10. The van der Waals surface area contributed by atoms with Crippen molar-refractivity contribution in [3.63, 3.8) is 0 Å². The van der Waals surface area contributed by atoms with E-state index in [9.17, 15) is 0 Å². The lowest BCUT2D eigenvalue weighted by atomic mass is 10.1. The van der Waals surface area contributed by atoms with E-state index in [1.54, 1.807) is 0 Å². The van der Waals surface area contributed by atoms with Crippen LogP contribution in [0.15, 0.2) is 11.4 Å². The number of fused-ring (bicyclic) bond motifs is 1. The van der Waals surface area contributed by atoms with Crippen LogP contribution in [0.2, 0.25) is 0 Å². The van der Waals surface area contributed by atoms with Gasteiger partial charge in [0.2, 0.25) is 0 Å². The summed E-state index contributed by atoms with van der Waals surface area (Å²) in [5.41, 5.74) is 1.38. The zero-order chi connectivity index (χ0) is 8.67. The average Bonchev–Trinajstić information content (AvgIpc) is 2.83. The highest BCUT2D eigenvalue weighted by atomic mass is 32.1. The van der Waals surface area contributed by atoms with E-state index in [-0.39, 0.29) is 6.23 Å². The van der Waals surface area contributed by atoms with Gasteiger partial charge in [-0.05, 0) is 24.3 Å². The van der Waals surface area contributed by atoms with E-state index in [1.807, 2.05) is 11.3 Å². The smallest absolute Gasteiger partial charge is 0.135 e. The molecule has 1 unspecified atom stereocenters. The second-order valence-electron chi connectivity index (χ2n) is 3.74. The van der Waals surface area contributed by atoms with Gasteiger partial charge in [-0.1, -0.05) is 0 Å². The van der Waals surface area contributed by atoms with E-state index in [0.29, 0.717) is 0 Å². The summed E-state index contributed by atoms with van der Waals surface area (Å²) in [5.74, 6) is 0. The van der Waals surface area contributed by atoms with E-state index < -0.39 is 0 Å². The monoisotopic (exact) mass is 195 g/mol. The molecule has 0 aromatic carbocycles. The Morgan fingerprint density at radius 1 is 1.46 bits per heavy atom. The van der Waals surface area contributed by atoms with Gasteiger partial charge in [-0.25, -0.2) is 0 Å². The average molecular weight is 195 g/mol. The lowest BCUT2D eigenvalue weighted by Gasteiger charge is -2.24. The van der Waals surface area contributed by atoms with Gasteiger partial charge in [0.15, 0.2) is 0 Å². The fourth-order valence-corrected chi connectivity index (χ4v) is 2.64. The third-order valence-electron chi connectivity index (χ3n) is 2.64. The molecule has 0 amide bonds. The molecule has 2 nitrogen and oxygen atoms in total. The summed E-state index contributed by atoms with van der Waals surface area (Å²) < 4.78 is 5.71. The number of hydrogen-bond donors (Lipinski definition) is 1. The number of nitrogens with one attached hydrogen (secondary N) is 1. The molecule has 70 valence electrons. The molecule has 13 heavy (non-hydrogen) atoms. The molecular weight excluding hydrogens is 182 g/mol. The van der Waals surface area contributed by atoms with E-state index in [1.165, 1.54) is 23.3 Å². The second kappa shape index (κ2) is 3.08. The van der Waals surface area contributed by atoms with E-state index >= 15 is 0 Å². The lowest BCUT2D eigenvalue weighted by Crippen LogP contribution is -2.29. The van der Waals surface area contributed by atoms with Crippen molar-refractivity contribution in [2.45, 2.75) is 31.5 Å². The van der Waals surface area contributed by atoms with Gasteiger partial charge in [0.1, 0.15) is 6.23 Å². The first-order valence-electron chi connectivity index (χ1n) is 4.87. The number of ether oxygens (including phenoxy) is 1. The molecular formula is C10H13NOS. The van der Waals surface area contributed by atoms with Crippen LogP contribution in [0.4, 0.5) is 0 Å². The van der Waals surface area contributed by atoms with Crippen LogP contribution in [0.5, 0.6) is 0 Å². The van der Waals surface area contributed by atoms with Crippen LogP contribution in [0.1, 0.15) is 29.5 Å². The Bertz CT molecular complexity index is 306.